The largest absolute Gasteiger partial charge is 0.391 e. The first-order valence-corrected chi connectivity index (χ1v) is 7.03. The molecule has 112 valence electrons. The number of rotatable bonds is 2. The number of H-pyrrole nitrogens is 1. The maximum Gasteiger partial charge on any atom is 0.268 e. The molecule has 2 heterocycles. The Labute approximate surface area is 121 Å². The van der Waals surface area contributed by atoms with Gasteiger partial charge >= 0.3 is 0 Å². The number of amides is 1. The van der Waals surface area contributed by atoms with E-state index in [-0.39, 0.29) is 17.8 Å². The molecule has 0 unspecified atom stereocenters. The van der Waals surface area contributed by atoms with Crippen molar-refractivity contribution >= 4 is 16.8 Å². The molecule has 0 bridgehead atoms. The second-order valence-electron chi connectivity index (χ2n) is 5.46. The van der Waals surface area contributed by atoms with Crippen LogP contribution in [0.25, 0.3) is 10.9 Å². The first kappa shape index (κ1) is 14.0. The zero-order chi connectivity index (χ0) is 15.0. The third kappa shape index (κ3) is 2.64. The molecule has 2 aromatic rings. The van der Waals surface area contributed by atoms with Crippen LogP contribution in [-0.4, -0.2) is 41.2 Å². The van der Waals surface area contributed by atoms with Crippen molar-refractivity contribution in [3.8, 4) is 0 Å². The fourth-order valence-electron chi connectivity index (χ4n) is 2.76. The number of benzene rings is 1. The molecule has 1 fully saturated rings. The lowest BCUT2D eigenvalue weighted by Gasteiger charge is -2.29. The summed E-state index contributed by atoms with van der Waals surface area (Å²) in [5.41, 5.74) is 1.84. The van der Waals surface area contributed by atoms with Crippen molar-refractivity contribution in [2.45, 2.75) is 25.5 Å². The van der Waals surface area contributed by atoms with E-state index in [0.717, 1.165) is 12.1 Å². The molecule has 0 spiro atoms. The highest BCUT2D eigenvalue weighted by atomic mass is 19.1. The van der Waals surface area contributed by atoms with Gasteiger partial charge in [-0.15, -0.1) is 0 Å². The van der Waals surface area contributed by atoms with E-state index in [2.05, 4.69) is 15.6 Å². The minimum absolute atomic E-state index is 0.281. The topological polar surface area (TPSA) is 77.2 Å². The average molecular weight is 291 g/mol. The predicted octanol–water partition coefficient (Wildman–Crippen LogP) is 1.07. The van der Waals surface area contributed by atoms with E-state index in [0.29, 0.717) is 29.6 Å². The van der Waals surface area contributed by atoms with Gasteiger partial charge in [-0.25, -0.2) is 4.39 Å². The fourth-order valence-corrected chi connectivity index (χ4v) is 2.76. The summed E-state index contributed by atoms with van der Waals surface area (Å²) in [5.74, 6) is -0.611. The Balaban J connectivity index is 1.86. The van der Waals surface area contributed by atoms with Gasteiger partial charge in [-0.05, 0) is 43.7 Å². The minimum atomic E-state index is -0.544. The van der Waals surface area contributed by atoms with Gasteiger partial charge in [-0.3, -0.25) is 4.79 Å². The summed E-state index contributed by atoms with van der Waals surface area (Å²) >= 11 is 0. The van der Waals surface area contributed by atoms with Crippen molar-refractivity contribution in [2.24, 2.45) is 0 Å². The maximum absolute atomic E-state index is 13.3. The average Bonchev–Trinajstić information content (AvgIpc) is 2.79. The molecular weight excluding hydrogens is 273 g/mol. The Morgan fingerprint density at radius 2 is 2.29 bits per heavy atom. The molecule has 0 radical (unpaired) electrons. The summed E-state index contributed by atoms with van der Waals surface area (Å²) in [4.78, 5) is 15.4. The summed E-state index contributed by atoms with van der Waals surface area (Å²) in [6.07, 6.45) is 0.0688. The number of nitrogens with one attached hydrogen (secondary N) is 3. The molecule has 1 aliphatic rings. The summed E-state index contributed by atoms with van der Waals surface area (Å²) in [7, 11) is 0. The number of hydrogen-bond acceptors (Lipinski definition) is 3. The second kappa shape index (κ2) is 5.46. The molecule has 3 rings (SSSR count). The van der Waals surface area contributed by atoms with Crippen molar-refractivity contribution in [1.82, 2.24) is 15.6 Å². The van der Waals surface area contributed by atoms with E-state index < -0.39 is 6.10 Å². The zero-order valence-corrected chi connectivity index (χ0v) is 11.7. The summed E-state index contributed by atoms with van der Waals surface area (Å²) in [6.45, 7) is 3.07. The number of hydrogen-bond donors (Lipinski definition) is 4. The van der Waals surface area contributed by atoms with E-state index in [1.54, 1.807) is 13.0 Å². The smallest absolute Gasteiger partial charge is 0.268 e. The third-order valence-corrected chi connectivity index (χ3v) is 4.01. The van der Waals surface area contributed by atoms with Crippen LogP contribution in [0.4, 0.5) is 4.39 Å². The van der Waals surface area contributed by atoms with Crippen LogP contribution in [0.5, 0.6) is 0 Å². The summed E-state index contributed by atoms with van der Waals surface area (Å²) in [5, 5.41) is 16.6. The van der Waals surface area contributed by atoms with Gasteiger partial charge in [0.15, 0.2) is 0 Å². The molecule has 0 saturated carbocycles. The molecule has 0 aliphatic carbocycles. The van der Waals surface area contributed by atoms with Crippen LogP contribution in [-0.2, 0) is 0 Å². The lowest BCUT2D eigenvalue weighted by Crippen LogP contribution is -2.53. The van der Waals surface area contributed by atoms with Crippen molar-refractivity contribution in [2.75, 3.05) is 13.1 Å². The monoisotopic (exact) mass is 291 g/mol. The van der Waals surface area contributed by atoms with Crippen molar-refractivity contribution < 1.29 is 14.3 Å². The highest BCUT2D eigenvalue weighted by Gasteiger charge is 2.26. The third-order valence-electron chi connectivity index (χ3n) is 4.01. The lowest BCUT2D eigenvalue weighted by atomic mass is 10.0. The Kier molecular flexibility index (Phi) is 3.65. The number of carbonyl (C=O) groups excluding carboxylic acids is 1. The normalized spacial score (nSPS) is 22.4. The van der Waals surface area contributed by atoms with Crippen LogP contribution >= 0.6 is 0 Å². The Morgan fingerprint density at radius 1 is 1.48 bits per heavy atom. The zero-order valence-electron chi connectivity index (χ0n) is 11.7. The molecule has 1 aliphatic heterocycles. The Bertz CT molecular complexity index is 683. The van der Waals surface area contributed by atoms with Gasteiger partial charge in [-0.2, -0.15) is 0 Å². The molecule has 1 amide bonds. The molecule has 2 atom stereocenters. The van der Waals surface area contributed by atoms with Gasteiger partial charge in [0.2, 0.25) is 0 Å². The molecule has 6 heteroatoms. The number of fused-ring (bicyclic) bond motifs is 1. The lowest BCUT2D eigenvalue weighted by molar-refractivity contribution is 0.0751. The summed E-state index contributed by atoms with van der Waals surface area (Å²) < 4.78 is 13.3. The highest BCUT2D eigenvalue weighted by molar-refractivity contribution is 6.01. The van der Waals surface area contributed by atoms with Gasteiger partial charge in [0.05, 0.1) is 12.1 Å². The minimum Gasteiger partial charge on any atom is -0.391 e. The molecule has 4 N–H and O–H groups in total. The first-order chi connectivity index (χ1) is 10.1. The second-order valence-corrected chi connectivity index (χ2v) is 5.46. The van der Waals surface area contributed by atoms with Crippen molar-refractivity contribution in [3.63, 3.8) is 0 Å². The SMILES string of the molecule is Cc1c(C(=O)N[C@H]2CNCC[C@H]2O)[nH]c2ccc(F)cc12. The van der Waals surface area contributed by atoms with Crippen LogP contribution in [0.2, 0.25) is 0 Å². The van der Waals surface area contributed by atoms with Crippen LogP contribution in [0.3, 0.4) is 0 Å². The van der Waals surface area contributed by atoms with Crippen molar-refractivity contribution in [3.05, 3.63) is 35.3 Å². The number of aliphatic hydroxyl groups excluding tert-OH is 1. The van der Waals surface area contributed by atoms with E-state index in [1.807, 2.05) is 0 Å². The number of aryl methyl sites for hydroxylation is 1. The highest BCUT2D eigenvalue weighted by Crippen LogP contribution is 2.22. The number of aromatic nitrogens is 1. The van der Waals surface area contributed by atoms with E-state index in [1.165, 1.54) is 12.1 Å². The number of aliphatic hydroxyl groups is 1. The van der Waals surface area contributed by atoms with E-state index >= 15 is 0 Å². The van der Waals surface area contributed by atoms with Gasteiger partial charge < -0.3 is 20.7 Å². The van der Waals surface area contributed by atoms with E-state index in [9.17, 15) is 14.3 Å². The molecular formula is C15H18FN3O2. The first-order valence-electron chi connectivity index (χ1n) is 7.03. The van der Waals surface area contributed by atoms with Crippen LogP contribution in [0.1, 0.15) is 22.5 Å². The van der Waals surface area contributed by atoms with E-state index in [4.69, 9.17) is 0 Å². The fraction of sp³-hybridized carbons (Fsp3) is 0.400. The number of aromatic amines is 1. The van der Waals surface area contributed by atoms with Crippen LogP contribution < -0.4 is 10.6 Å². The standard InChI is InChI=1S/C15H18FN3O2/c1-8-10-6-9(16)2-3-11(10)18-14(8)15(21)19-12-7-17-5-4-13(12)20/h2-3,6,12-13,17-18,20H,4-5,7H2,1H3,(H,19,21)/t12-,13+/m0/s1. The van der Waals surface area contributed by atoms with Gasteiger partial charge in [0, 0.05) is 17.4 Å². The molecule has 1 saturated heterocycles. The quantitative estimate of drug-likeness (QED) is 0.668. The van der Waals surface area contributed by atoms with Crippen LogP contribution in [0.15, 0.2) is 18.2 Å². The van der Waals surface area contributed by atoms with Gasteiger partial charge in [0.1, 0.15) is 11.5 Å². The summed E-state index contributed by atoms with van der Waals surface area (Å²) in [6, 6.07) is 4.07. The van der Waals surface area contributed by atoms with Crippen LogP contribution in [0, 0.1) is 12.7 Å². The molecule has 1 aromatic heterocycles. The number of piperidine rings is 1. The maximum atomic E-state index is 13.3. The van der Waals surface area contributed by atoms with Crippen molar-refractivity contribution in [1.29, 1.82) is 0 Å². The van der Waals surface area contributed by atoms with Gasteiger partial charge in [0.25, 0.3) is 5.91 Å². The number of carbonyl (C=O) groups is 1. The molecule has 21 heavy (non-hydrogen) atoms. The molecule has 5 nitrogen and oxygen atoms in total. The Morgan fingerprint density at radius 3 is 3.05 bits per heavy atom. The number of halogens is 1. The van der Waals surface area contributed by atoms with Gasteiger partial charge in [-0.1, -0.05) is 0 Å². The Hall–Kier alpha value is -1.92. The molecule has 1 aromatic carbocycles. The predicted molar refractivity (Wildman–Crippen MR) is 77.7 cm³/mol.